The molecule has 0 spiro atoms. The lowest BCUT2D eigenvalue weighted by atomic mass is 9.97. The predicted octanol–water partition coefficient (Wildman–Crippen LogP) is -5.27. The van der Waals surface area contributed by atoms with Gasteiger partial charge in [0.2, 0.25) is 12.0 Å². The van der Waals surface area contributed by atoms with E-state index in [9.17, 15) is 53.2 Å². The van der Waals surface area contributed by atoms with Gasteiger partial charge in [-0.15, -0.1) is 0 Å². The highest BCUT2D eigenvalue weighted by Gasteiger charge is 2.53. The molecular formula is C12H19NO22S4. The third kappa shape index (κ3) is 10.7. The molecule has 1 fully saturated rings. The van der Waals surface area contributed by atoms with E-state index in [-0.39, 0.29) is 0 Å². The van der Waals surface area contributed by atoms with Gasteiger partial charge in [-0.1, -0.05) is 0 Å². The molecule has 1 unspecified atom stereocenters. The first-order valence-corrected chi connectivity index (χ1v) is 15.0. The molecule has 0 aromatic rings. The van der Waals surface area contributed by atoms with E-state index < -0.39 is 109 Å². The van der Waals surface area contributed by atoms with Crippen LogP contribution in [0.5, 0.6) is 0 Å². The average molecular weight is 658 g/mol. The highest BCUT2D eigenvalue weighted by molar-refractivity contribution is 7.83. The zero-order chi connectivity index (χ0) is 30.1. The molecule has 0 aliphatic carbocycles. The summed E-state index contributed by atoms with van der Waals surface area (Å²) in [6.45, 7) is -1.45. The number of hydrogen-bond donors (Lipinski definition) is 8. The number of carboxylic acids is 1. The minimum absolute atomic E-state index is 0.354. The summed E-state index contributed by atoms with van der Waals surface area (Å²) in [5.41, 5.74) is 0. The molecule has 39 heavy (non-hydrogen) atoms. The van der Waals surface area contributed by atoms with E-state index in [1.165, 1.54) is 4.72 Å². The second-order valence-electron chi connectivity index (χ2n) is 7.29. The smallest absolute Gasteiger partial charge is 0.397 e. The topological polar surface area (TPSA) is 363 Å². The molecule has 0 aromatic heterocycles. The van der Waals surface area contributed by atoms with E-state index in [0.717, 1.165) is 0 Å². The maximum atomic E-state index is 11.5. The Morgan fingerprint density at radius 3 is 1.87 bits per heavy atom. The number of rotatable bonds is 12. The predicted molar refractivity (Wildman–Crippen MR) is 111 cm³/mol. The zero-order valence-electron chi connectivity index (χ0n) is 18.3. The lowest BCUT2D eigenvalue weighted by Gasteiger charge is -2.45. The maximum absolute atomic E-state index is 11.5. The average Bonchev–Trinajstić information content (AvgIpc) is 2.70. The van der Waals surface area contributed by atoms with Crippen molar-refractivity contribution in [1.82, 2.24) is 4.72 Å². The van der Waals surface area contributed by atoms with Gasteiger partial charge in [-0.25, -0.2) is 17.3 Å². The number of aliphatic carboxylic acids is 1. The Kier molecular flexibility index (Phi) is 10.4. The third-order valence-electron chi connectivity index (χ3n) is 4.47. The van der Waals surface area contributed by atoms with Crippen molar-refractivity contribution in [2.45, 2.75) is 49.1 Å². The van der Waals surface area contributed by atoms with E-state index in [0.29, 0.717) is 6.08 Å². The minimum Gasteiger partial charge on any atom is -0.475 e. The Balaban J connectivity index is 2.64. The second kappa shape index (κ2) is 12.1. The molecule has 0 amide bonds. The van der Waals surface area contributed by atoms with E-state index in [4.69, 9.17) is 33.0 Å². The Morgan fingerprint density at radius 2 is 1.41 bits per heavy atom. The van der Waals surface area contributed by atoms with Gasteiger partial charge in [-0.05, 0) is 6.08 Å². The molecule has 27 heteroatoms. The summed E-state index contributed by atoms with van der Waals surface area (Å²) in [5.74, 6) is -3.10. The van der Waals surface area contributed by atoms with Gasteiger partial charge < -0.3 is 29.5 Å². The van der Waals surface area contributed by atoms with Crippen LogP contribution in [-0.4, -0.2) is 129 Å². The molecule has 228 valence electrons. The van der Waals surface area contributed by atoms with Crippen LogP contribution in [-0.2, 0) is 73.1 Å². The van der Waals surface area contributed by atoms with Crippen molar-refractivity contribution in [3.63, 3.8) is 0 Å². The lowest BCUT2D eigenvalue weighted by Crippen LogP contribution is -2.67. The molecule has 0 saturated carbocycles. The summed E-state index contributed by atoms with van der Waals surface area (Å²) >= 11 is 0. The van der Waals surface area contributed by atoms with Crippen LogP contribution in [0.15, 0.2) is 11.8 Å². The number of aliphatic hydroxyl groups is 2. The maximum Gasteiger partial charge on any atom is 0.397 e. The number of carboxylic acid groups (broad SMARTS) is 1. The van der Waals surface area contributed by atoms with Crippen molar-refractivity contribution in [3.8, 4) is 0 Å². The molecule has 1 saturated heterocycles. The Morgan fingerprint density at radius 1 is 0.872 bits per heavy atom. The van der Waals surface area contributed by atoms with Gasteiger partial charge in [-0.3, -0.25) is 18.2 Å². The minimum atomic E-state index is -5.69. The van der Waals surface area contributed by atoms with Crippen molar-refractivity contribution in [1.29, 1.82) is 0 Å². The van der Waals surface area contributed by atoms with Gasteiger partial charge >= 0.3 is 47.5 Å². The number of ether oxygens (including phenoxy) is 3. The van der Waals surface area contributed by atoms with E-state index in [2.05, 4.69) is 12.5 Å². The molecule has 0 aromatic carbocycles. The summed E-state index contributed by atoms with van der Waals surface area (Å²) in [4.78, 5) is 11.3. The van der Waals surface area contributed by atoms with Crippen LogP contribution in [0.1, 0.15) is 0 Å². The van der Waals surface area contributed by atoms with E-state index >= 15 is 0 Å². The van der Waals surface area contributed by atoms with E-state index in [1.807, 2.05) is 0 Å². The van der Waals surface area contributed by atoms with Gasteiger partial charge in [0.25, 0.3) is 0 Å². The largest absolute Gasteiger partial charge is 0.475 e. The van der Waals surface area contributed by atoms with Crippen LogP contribution >= 0.6 is 0 Å². The Labute approximate surface area is 218 Å². The van der Waals surface area contributed by atoms with Gasteiger partial charge in [0.1, 0.15) is 30.5 Å². The zero-order valence-corrected chi connectivity index (χ0v) is 21.6. The van der Waals surface area contributed by atoms with Crippen molar-refractivity contribution in [3.05, 3.63) is 11.8 Å². The molecular weight excluding hydrogens is 638 g/mol. The van der Waals surface area contributed by atoms with Crippen molar-refractivity contribution in [2.75, 3.05) is 6.61 Å². The SMILES string of the molecule is O=C(O)C1=C[C@H](O)[C@@H](OS(=O)(=O)O)[C@H](O[C@H]2[C@H](OS(=O)(=O)O)[C@@H](NS(=O)(=O)O)C(O)O[C@@H]2COS(=O)(=O)O)O1. The lowest BCUT2D eigenvalue weighted by molar-refractivity contribution is -0.299. The molecule has 2 heterocycles. The fourth-order valence-electron chi connectivity index (χ4n) is 3.19. The molecule has 2 rings (SSSR count). The highest BCUT2D eigenvalue weighted by Crippen LogP contribution is 2.32. The van der Waals surface area contributed by atoms with Crippen LogP contribution in [0, 0.1) is 0 Å². The first kappa shape index (κ1) is 33.5. The van der Waals surface area contributed by atoms with Crippen LogP contribution in [0.3, 0.4) is 0 Å². The molecule has 0 radical (unpaired) electrons. The number of carbonyl (C=O) groups is 1. The summed E-state index contributed by atoms with van der Waals surface area (Å²) in [7, 11) is -21.9. The first-order valence-electron chi connectivity index (χ1n) is 9.42. The molecule has 0 bridgehead atoms. The highest BCUT2D eigenvalue weighted by atomic mass is 32.3. The van der Waals surface area contributed by atoms with Crippen LogP contribution in [0.25, 0.3) is 0 Å². The summed E-state index contributed by atoms with van der Waals surface area (Å²) < 4.78 is 155. The molecule has 2 aliphatic rings. The van der Waals surface area contributed by atoms with Gasteiger partial charge in [0.05, 0.1) is 6.61 Å². The van der Waals surface area contributed by atoms with Gasteiger partial charge in [-0.2, -0.15) is 38.4 Å². The van der Waals surface area contributed by atoms with Gasteiger partial charge in [0, 0.05) is 0 Å². The van der Waals surface area contributed by atoms with Crippen LogP contribution in [0.4, 0.5) is 0 Å². The fraction of sp³-hybridized carbons (Fsp3) is 0.750. The van der Waals surface area contributed by atoms with Gasteiger partial charge in [0.15, 0.2) is 12.4 Å². The number of aliphatic hydroxyl groups excluding tert-OH is 2. The second-order valence-corrected chi connectivity index (χ2v) is 11.7. The van der Waals surface area contributed by atoms with E-state index in [1.54, 1.807) is 0 Å². The Hall–Kier alpha value is -1.67. The third-order valence-corrected chi connectivity index (χ3v) is 6.40. The molecule has 2 aliphatic heterocycles. The first-order chi connectivity index (χ1) is 17.5. The quantitative estimate of drug-likeness (QED) is 0.0908. The summed E-state index contributed by atoms with van der Waals surface area (Å²) in [6, 6.07) is -2.49. The summed E-state index contributed by atoms with van der Waals surface area (Å²) in [5, 5.41) is 29.4. The van der Waals surface area contributed by atoms with Crippen molar-refractivity contribution in [2.24, 2.45) is 0 Å². The summed E-state index contributed by atoms with van der Waals surface area (Å²) in [6.07, 6.45) is -16.9. The van der Waals surface area contributed by atoms with Crippen LogP contribution < -0.4 is 4.72 Å². The number of hydrogen-bond acceptors (Lipinski definition) is 17. The Bertz CT molecular complexity index is 1370. The molecule has 8 N–H and O–H groups in total. The molecule has 8 atom stereocenters. The molecule has 23 nitrogen and oxygen atoms in total. The van der Waals surface area contributed by atoms with Crippen molar-refractivity contribution < 1.29 is 98.8 Å². The fourth-order valence-corrected chi connectivity index (χ4v) is 5.09. The monoisotopic (exact) mass is 657 g/mol. The van der Waals surface area contributed by atoms with Crippen molar-refractivity contribution >= 4 is 47.5 Å². The van der Waals surface area contributed by atoms with Crippen LogP contribution in [0.2, 0.25) is 0 Å². The number of nitrogens with one attached hydrogen (secondary N) is 1. The normalized spacial score (nSPS) is 32.7. The standard InChI is InChI=1S/C12H19NO22S4/c14-3-1-4(10(15)16)32-12(7(3)34-38(24,25)26)33-8-5(2-30-37(21,22)23)31-11(17)6(13-36(18,19)20)9(8)35-39(27,28)29/h1,3,5-9,11-14,17H,2H2,(H,15,16)(H,18,19,20)(H,21,22,23)(H,24,25,26)(H,27,28,29)/t3-,5+,6+,7+,8+,9+,11?,12-/m0/s1.